The van der Waals surface area contributed by atoms with Crippen LogP contribution in [-0.4, -0.2) is 25.1 Å². The molecule has 21 heavy (non-hydrogen) atoms. The van der Waals surface area contributed by atoms with Crippen molar-refractivity contribution in [1.82, 2.24) is 4.57 Å². The van der Waals surface area contributed by atoms with E-state index in [-0.39, 0.29) is 5.43 Å². The first kappa shape index (κ1) is 16.6. The zero-order valence-corrected chi connectivity index (χ0v) is 14.7. The quantitative estimate of drug-likeness (QED) is 0.547. The predicted octanol–water partition coefficient (Wildman–Crippen LogP) is 3.42. The molecule has 2 rings (SSSR count). The predicted molar refractivity (Wildman–Crippen MR) is 86.3 cm³/mol. The van der Waals surface area contributed by atoms with Gasteiger partial charge < -0.3 is 14.0 Å². The second kappa shape index (κ2) is 7.00. The van der Waals surface area contributed by atoms with Gasteiger partial charge in [0.2, 0.25) is 5.43 Å². The topological polar surface area (TPSA) is 40.5 Å². The molecule has 2 aromatic rings. The Morgan fingerprint density at radius 3 is 2.57 bits per heavy atom. The molecule has 7 heteroatoms. The molecule has 0 spiro atoms. The molecular weight excluding hydrogens is 409 g/mol. The van der Waals surface area contributed by atoms with Crippen molar-refractivity contribution in [2.75, 3.05) is 14.2 Å². The van der Waals surface area contributed by atoms with Crippen molar-refractivity contribution in [3.63, 3.8) is 0 Å². The Bertz CT molecular complexity index is 713. The molecule has 0 aliphatic carbocycles. The van der Waals surface area contributed by atoms with E-state index in [0.717, 1.165) is 5.69 Å². The number of halogens is 3. The van der Waals surface area contributed by atoms with Gasteiger partial charge in [-0.25, -0.2) is 4.39 Å². The van der Waals surface area contributed by atoms with Crippen LogP contribution in [0.15, 0.2) is 27.5 Å². The van der Waals surface area contributed by atoms with E-state index in [1.54, 1.807) is 20.3 Å². The molecule has 0 aliphatic heterocycles. The number of pyridine rings is 1. The van der Waals surface area contributed by atoms with Crippen LogP contribution in [0.25, 0.3) is 10.9 Å². The van der Waals surface area contributed by atoms with Crippen LogP contribution in [0.1, 0.15) is 5.69 Å². The lowest BCUT2D eigenvalue weighted by molar-refractivity contribution is -0.110. The second-order valence-electron chi connectivity index (χ2n) is 4.40. The van der Waals surface area contributed by atoms with Gasteiger partial charge in [0, 0.05) is 30.6 Å². The smallest absolute Gasteiger partial charge is 0.203 e. The number of rotatable bonds is 5. The Morgan fingerprint density at radius 1 is 1.33 bits per heavy atom. The number of benzene rings is 1. The fourth-order valence-electron chi connectivity index (χ4n) is 2.17. The maximum Gasteiger partial charge on any atom is 0.203 e. The zero-order valence-electron chi connectivity index (χ0n) is 11.5. The van der Waals surface area contributed by atoms with Gasteiger partial charge in [-0.05, 0) is 34.1 Å². The molecule has 1 heterocycles. The third-order valence-electron chi connectivity index (χ3n) is 3.26. The summed E-state index contributed by atoms with van der Waals surface area (Å²) in [6.45, 7) is 0.384. The van der Waals surface area contributed by atoms with Gasteiger partial charge >= 0.3 is 0 Å². The summed E-state index contributed by atoms with van der Waals surface area (Å²) < 4.78 is 26.2. The number of aromatic nitrogens is 1. The summed E-state index contributed by atoms with van der Waals surface area (Å²) in [5.74, 6) is -0.445. The Balaban J connectivity index is 2.76. The van der Waals surface area contributed by atoms with E-state index in [0.29, 0.717) is 27.3 Å². The van der Waals surface area contributed by atoms with Crippen LogP contribution in [0.3, 0.4) is 0 Å². The van der Waals surface area contributed by atoms with Crippen LogP contribution in [0.2, 0.25) is 0 Å². The van der Waals surface area contributed by atoms with Gasteiger partial charge in [-0.15, -0.1) is 0 Å². The Hall–Kier alpha value is -0.760. The third kappa shape index (κ3) is 3.21. The van der Waals surface area contributed by atoms with Crippen molar-refractivity contribution in [3.05, 3.63) is 44.4 Å². The molecule has 1 aromatic carbocycles. The average molecular weight is 423 g/mol. The molecule has 1 aromatic heterocycles. The summed E-state index contributed by atoms with van der Waals surface area (Å²) in [5.41, 5.74) is 1.15. The maximum absolute atomic E-state index is 13.4. The SMILES string of the molecule is COC(Cn1c(CBr)c(Br)c(=O)c2cc(F)ccc21)OC. The minimum atomic E-state index is -0.467. The fraction of sp³-hybridized carbons (Fsp3) is 0.357. The zero-order chi connectivity index (χ0) is 15.6. The lowest BCUT2D eigenvalue weighted by atomic mass is 10.1. The van der Waals surface area contributed by atoms with Gasteiger partial charge in [0.15, 0.2) is 6.29 Å². The average Bonchev–Trinajstić information content (AvgIpc) is 2.49. The highest BCUT2D eigenvalue weighted by molar-refractivity contribution is 9.10. The van der Waals surface area contributed by atoms with E-state index in [2.05, 4.69) is 31.9 Å². The number of fused-ring (bicyclic) bond motifs is 1. The highest BCUT2D eigenvalue weighted by Crippen LogP contribution is 2.24. The van der Waals surface area contributed by atoms with Crippen molar-refractivity contribution < 1.29 is 13.9 Å². The molecule has 0 saturated carbocycles. The number of alkyl halides is 1. The molecule has 0 N–H and O–H groups in total. The van der Waals surface area contributed by atoms with E-state index >= 15 is 0 Å². The third-order valence-corrected chi connectivity index (χ3v) is 4.61. The van der Waals surface area contributed by atoms with Crippen molar-refractivity contribution >= 4 is 42.8 Å². The van der Waals surface area contributed by atoms with Gasteiger partial charge in [-0.2, -0.15) is 0 Å². The summed E-state index contributed by atoms with van der Waals surface area (Å²) in [7, 11) is 3.09. The number of hydrogen-bond acceptors (Lipinski definition) is 3. The number of hydrogen-bond donors (Lipinski definition) is 0. The molecule has 0 fully saturated rings. The highest BCUT2D eigenvalue weighted by atomic mass is 79.9. The summed E-state index contributed by atoms with van der Waals surface area (Å²) in [6.07, 6.45) is -0.467. The maximum atomic E-state index is 13.4. The Morgan fingerprint density at radius 2 is 2.00 bits per heavy atom. The molecule has 4 nitrogen and oxygen atoms in total. The van der Waals surface area contributed by atoms with Crippen LogP contribution in [-0.2, 0) is 21.3 Å². The van der Waals surface area contributed by atoms with Crippen LogP contribution < -0.4 is 5.43 Å². The van der Waals surface area contributed by atoms with Gasteiger partial charge in [0.05, 0.1) is 16.5 Å². The number of ether oxygens (including phenoxy) is 2. The monoisotopic (exact) mass is 421 g/mol. The van der Waals surface area contributed by atoms with Crippen LogP contribution in [0.4, 0.5) is 4.39 Å². The van der Waals surface area contributed by atoms with E-state index in [1.165, 1.54) is 12.1 Å². The molecule has 0 atom stereocenters. The van der Waals surface area contributed by atoms with Gasteiger partial charge in [-0.1, -0.05) is 15.9 Å². The minimum absolute atomic E-state index is 0.235. The molecule has 0 unspecified atom stereocenters. The van der Waals surface area contributed by atoms with Crippen molar-refractivity contribution in [2.45, 2.75) is 18.2 Å². The highest BCUT2D eigenvalue weighted by Gasteiger charge is 2.17. The van der Waals surface area contributed by atoms with Gasteiger partial charge in [0.25, 0.3) is 0 Å². The van der Waals surface area contributed by atoms with Crippen LogP contribution in [0, 0.1) is 5.82 Å². The van der Waals surface area contributed by atoms with Crippen molar-refractivity contribution in [3.8, 4) is 0 Å². The Labute approximate surface area is 138 Å². The van der Waals surface area contributed by atoms with E-state index in [1.807, 2.05) is 4.57 Å². The lowest BCUT2D eigenvalue weighted by Crippen LogP contribution is -2.25. The first-order valence-corrected chi connectivity index (χ1v) is 8.06. The summed E-state index contributed by atoms with van der Waals surface area (Å²) in [6, 6.07) is 4.16. The molecule has 114 valence electrons. The minimum Gasteiger partial charge on any atom is -0.354 e. The second-order valence-corrected chi connectivity index (χ2v) is 5.75. The fourth-order valence-corrected chi connectivity index (χ4v) is 3.70. The summed E-state index contributed by atoms with van der Waals surface area (Å²) >= 11 is 6.69. The first-order valence-electron chi connectivity index (χ1n) is 6.15. The van der Waals surface area contributed by atoms with Crippen molar-refractivity contribution in [2.24, 2.45) is 0 Å². The number of nitrogens with zero attached hydrogens (tertiary/aromatic N) is 1. The van der Waals surface area contributed by atoms with Gasteiger partial charge in [0.1, 0.15) is 5.82 Å². The number of methoxy groups -OCH3 is 2. The lowest BCUT2D eigenvalue weighted by Gasteiger charge is -2.21. The normalized spacial score (nSPS) is 11.5. The molecule has 0 radical (unpaired) electrons. The summed E-state index contributed by atoms with van der Waals surface area (Å²) in [4.78, 5) is 12.3. The molecule has 0 amide bonds. The van der Waals surface area contributed by atoms with Crippen molar-refractivity contribution in [1.29, 1.82) is 0 Å². The first-order chi connectivity index (χ1) is 10.0. The Kier molecular flexibility index (Phi) is 5.54. The van der Waals surface area contributed by atoms with E-state index < -0.39 is 12.1 Å². The molecule has 0 bridgehead atoms. The van der Waals surface area contributed by atoms with Crippen LogP contribution >= 0.6 is 31.9 Å². The standard InChI is InChI=1S/C14H14Br2FNO3/c1-20-12(21-2)7-18-10-4-3-8(17)5-9(10)14(19)13(16)11(18)6-15/h3-5,12H,6-7H2,1-2H3. The molecule has 0 aliphatic rings. The summed E-state index contributed by atoms with van der Waals surface area (Å²) in [5, 5.41) is 0.786. The van der Waals surface area contributed by atoms with E-state index in [9.17, 15) is 9.18 Å². The molecular formula is C14H14Br2FNO3. The molecule has 0 saturated heterocycles. The largest absolute Gasteiger partial charge is 0.354 e. The van der Waals surface area contributed by atoms with E-state index in [4.69, 9.17) is 9.47 Å². The van der Waals surface area contributed by atoms with Crippen LogP contribution in [0.5, 0.6) is 0 Å². The van der Waals surface area contributed by atoms with Gasteiger partial charge in [-0.3, -0.25) is 4.79 Å².